The molecule has 1 aliphatic carbocycles. The second kappa shape index (κ2) is 4.60. The zero-order chi connectivity index (χ0) is 8.97. The number of carbonyl (C=O) groups is 1. The first-order chi connectivity index (χ1) is 5.74. The maximum Gasteiger partial charge on any atom is 0.407 e. The van der Waals surface area contributed by atoms with Crippen molar-refractivity contribution in [2.75, 3.05) is 7.11 Å². The molecule has 1 aliphatic rings. The van der Waals surface area contributed by atoms with Crippen molar-refractivity contribution >= 4 is 18.7 Å². The summed E-state index contributed by atoms with van der Waals surface area (Å²) < 4.78 is 4.52. The van der Waals surface area contributed by atoms with Crippen LogP contribution in [-0.4, -0.2) is 24.5 Å². The number of amides is 1. The van der Waals surface area contributed by atoms with Crippen LogP contribution in [-0.2, 0) is 4.74 Å². The summed E-state index contributed by atoms with van der Waals surface area (Å²) >= 11 is 4.40. The van der Waals surface area contributed by atoms with Crippen LogP contribution in [0.1, 0.15) is 25.7 Å². The molecule has 0 aromatic rings. The number of hydrogen-bond acceptors (Lipinski definition) is 3. The van der Waals surface area contributed by atoms with Gasteiger partial charge in [0, 0.05) is 11.3 Å². The Kier molecular flexibility index (Phi) is 3.72. The lowest BCUT2D eigenvalue weighted by atomic mass is 9.95. The molecule has 2 atom stereocenters. The highest BCUT2D eigenvalue weighted by Gasteiger charge is 2.23. The van der Waals surface area contributed by atoms with E-state index in [1.165, 1.54) is 20.0 Å². The number of thiol groups is 1. The summed E-state index contributed by atoms with van der Waals surface area (Å²) in [5.41, 5.74) is 0. The number of rotatable bonds is 1. The molecular weight excluding hydrogens is 174 g/mol. The maximum absolute atomic E-state index is 10.9. The summed E-state index contributed by atoms with van der Waals surface area (Å²) in [5.74, 6) is 0. The largest absolute Gasteiger partial charge is 0.453 e. The Balaban J connectivity index is 2.33. The van der Waals surface area contributed by atoms with E-state index in [-0.39, 0.29) is 17.4 Å². The molecule has 1 amide bonds. The highest BCUT2D eigenvalue weighted by atomic mass is 32.1. The van der Waals surface area contributed by atoms with Crippen molar-refractivity contribution in [1.29, 1.82) is 0 Å². The molecule has 12 heavy (non-hydrogen) atoms. The van der Waals surface area contributed by atoms with Gasteiger partial charge in [0.15, 0.2) is 0 Å². The third-order valence-corrected chi connectivity index (χ3v) is 2.84. The van der Waals surface area contributed by atoms with E-state index >= 15 is 0 Å². The molecule has 0 aromatic heterocycles. The van der Waals surface area contributed by atoms with Gasteiger partial charge in [-0.3, -0.25) is 0 Å². The minimum absolute atomic E-state index is 0.189. The molecule has 0 radical (unpaired) electrons. The minimum atomic E-state index is -0.346. The van der Waals surface area contributed by atoms with Crippen LogP contribution in [0.15, 0.2) is 0 Å². The summed E-state index contributed by atoms with van der Waals surface area (Å²) in [5, 5.41) is 3.07. The van der Waals surface area contributed by atoms with Crippen LogP contribution < -0.4 is 5.32 Å². The van der Waals surface area contributed by atoms with Gasteiger partial charge in [-0.05, 0) is 12.8 Å². The average molecular weight is 189 g/mol. The lowest BCUT2D eigenvalue weighted by Crippen LogP contribution is -2.42. The SMILES string of the molecule is COC(=O)N[C@@H]1CCCC[C@H]1S. The van der Waals surface area contributed by atoms with Gasteiger partial charge in [-0.25, -0.2) is 4.79 Å². The standard InChI is InChI=1S/C8H15NO2S/c1-11-8(10)9-6-4-2-3-5-7(6)12/h6-7,12H,2-5H2,1H3,(H,9,10)/t6-,7-/m1/s1. The molecule has 0 aliphatic heterocycles. The summed E-state index contributed by atoms with van der Waals surface area (Å²) in [6.07, 6.45) is 4.14. The molecule has 1 fully saturated rings. The maximum atomic E-state index is 10.9. The predicted octanol–water partition coefficient (Wildman–Crippen LogP) is 1.58. The van der Waals surface area contributed by atoms with E-state index in [0.29, 0.717) is 0 Å². The van der Waals surface area contributed by atoms with Gasteiger partial charge in [0.1, 0.15) is 0 Å². The Morgan fingerprint density at radius 2 is 2.17 bits per heavy atom. The van der Waals surface area contributed by atoms with Crippen LogP contribution >= 0.6 is 12.6 Å². The zero-order valence-electron chi connectivity index (χ0n) is 7.25. The van der Waals surface area contributed by atoms with Crippen molar-refractivity contribution in [1.82, 2.24) is 5.32 Å². The van der Waals surface area contributed by atoms with Gasteiger partial charge < -0.3 is 10.1 Å². The van der Waals surface area contributed by atoms with Crippen molar-refractivity contribution in [3.8, 4) is 0 Å². The quantitative estimate of drug-likeness (QED) is 0.615. The third-order valence-electron chi connectivity index (χ3n) is 2.22. The Hall–Kier alpha value is -0.380. The smallest absolute Gasteiger partial charge is 0.407 e. The molecule has 3 nitrogen and oxygen atoms in total. The van der Waals surface area contributed by atoms with Gasteiger partial charge in [-0.15, -0.1) is 0 Å². The van der Waals surface area contributed by atoms with Crippen molar-refractivity contribution in [2.45, 2.75) is 37.0 Å². The topological polar surface area (TPSA) is 38.3 Å². The van der Waals surface area contributed by atoms with Crippen LogP contribution in [0.4, 0.5) is 4.79 Å². The van der Waals surface area contributed by atoms with Crippen LogP contribution in [0.2, 0.25) is 0 Å². The van der Waals surface area contributed by atoms with E-state index in [1.54, 1.807) is 0 Å². The molecule has 1 N–H and O–H groups in total. The Morgan fingerprint density at radius 3 is 2.75 bits per heavy atom. The molecule has 0 saturated heterocycles. The average Bonchev–Trinajstić information content (AvgIpc) is 2.09. The van der Waals surface area contributed by atoms with E-state index in [9.17, 15) is 4.79 Å². The van der Waals surface area contributed by atoms with E-state index in [4.69, 9.17) is 0 Å². The molecule has 0 spiro atoms. The first-order valence-electron chi connectivity index (χ1n) is 4.26. The van der Waals surface area contributed by atoms with Gasteiger partial charge >= 0.3 is 6.09 Å². The number of nitrogens with one attached hydrogen (secondary N) is 1. The van der Waals surface area contributed by atoms with Crippen LogP contribution in [0.5, 0.6) is 0 Å². The highest BCUT2D eigenvalue weighted by molar-refractivity contribution is 7.81. The fraction of sp³-hybridized carbons (Fsp3) is 0.875. The van der Waals surface area contributed by atoms with Crippen molar-refractivity contribution in [2.24, 2.45) is 0 Å². The van der Waals surface area contributed by atoms with Crippen LogP contribution in [0.25, 0.3) is 0 Å². The lowest BCUT2D eigenvalue weighted by Gasteiger charge is -2.27. The molecule has 70 valence electrons. The molecule has 0 aromatic carbocycles. The number of hydrogen-bond donors (Lipinski definition) is 2. The molecule has 0 unspecified atom stereocenters. The van der Waals surface area contributed by atoms with E-state index in [2.05, 4.69) is 22.7 Å². The predicted molar refractivity (Wildman–Crippen MR) is 50.6 cm³/mol. The highest BCUT2D eigenvalue weighted by Crippen LogP contribution is 2.22. The molecule has 0 heterocycles. The third kappa shape index (κ3) is 2.59. The van der Waals surface area contributed by atoms with Crippen molar-refractivity contribution < 1.29 is 9.53 Å². The minimum Gasteiger partial charge on any atom is -0.453 e. The number of methoxy groups -OCH3 is 1. The Bertz CT molecular complexity index is 163. The fourth-order valence-corrected chi connectivity index (χ4v) is 1.90. The molecule has 1 rings (SSSR count). The van der Waals surface area contributed by atoms with Gasteiger partial charge in [-0.1, -0.05) is 12.8 Å². The fourth-order valence-electron chi connectivity index (χ4n) is 1.49. The normalized spacial score (nSPS) is 29.5. The van der Waals surface area contributed by atoms with Crippen LogP contribution in [0, 0.1) is 0 Å². The summed E-state index contributed by atoms with van der Waals surface area (Å²) in [6, 6.07) is 0.189. The monoisotopic (exact) mass is 189 g/mol. The van der Waals surface area contributed by atoms with Gasteiger partial charge in [0.25, 0.3) is 0 Å². The van der Waals surface area contributed by atoms with Gasteiger partial charge in [0.05, 0.1) is 7.11 Å². The first kappa shape index (κ1) is 9.71. The molecule has 0 bridgehead atoms. The van der Waals surface area contributed by atoms with E-state index in [0.717, 1.165) is 12.8 Å². The summed E-state index contributed by atoms with van der Waals surface area (Å²) in [7, 11) is 1.38. The second-order valence-corrected chi connectivity index (χ2v) is 3.76. The number of ether oxygens (including phenoxy) is 1. The Labute approximate surface area is 78.3 Å². The van der Waals surface area contributed by atoms with Gasteiger partial charge in [-0.2, -0.15) is 12.6 Å². The van der Waals surface area contributed by atoms with E-state index in [1.807, 2.05) is 0 Å². The number of alkyl carbamates (subject to hydrolysis) is 1. The summed E-state index contributed by atoms with van der Waals surface area (Å²) in [6.45, 7) is 0. The number of carbonyl (C=O) groups excluding carboxylic acids is 1. The summed E-state index contributed by atoms with van der Waals surface area (Å²) in [4.78, 5) is 10.9. The lowest BCUT2D eigenvalue weighted by molar-refractivity contribution is 0.164. The second-order valence-electron chi connectivity index (χ2n) is 3.09. The molecular formula is C8H15NO2S. The van der Waals surface area contributed by atoms with Crippen LogP contribution in [0.3, 0.4) is 0 Å². The van der Waals surface area contributed by atoms with E-state index < -0.39 is 0 Å². The first-order valence-corrected chi connectivity index (χ1v) is 4.78. The molecule has 1 saturated carbocycles. The van der Waals surface area contributed by atoms with Crippen molar-refractivity contribution in [3.05, 3.63) is 0 Å². The molecule has 4 heteroatoms. The van der Waals surface area contributed by atoms with Crippen molar-refractivity contribution in [3.63, 3.8) is 0 Å². The Morgan fingerprint density at radius 1 is 1.50 bits per heavy atom. The zero-order valence-corrected chi connectivity index (χ0v) is 8.14. The van der Waals surface area contributed by atoms with Gasteiger partial charge in [0.2, 0.25) is 0 Å².